The summed E-state index contributed by atoms with van der Waals surface area (Å²) in [5.41, 5.74) is 4.47. The number of methoxy groups -OCH3 is 1. The Hall–Kier alpha value is -1.47. The van der Waals surface area contributed by atoms with Crippen molar-refractivity contribution in [1.29, 1.82) is 0 Å². The number of rotatable bonds is 1. The Morgan fingerprint density at radius 3 is 1.35 bits per heavy atom. The summed E-state index contributed by atoms with van der Waals surface area (Å²) in [5, 5.41) is 7.57. The molecule has 0 bridgehead atoms. The Morgan fingerprint density at radius 2 is 1.35 bits per heavy atom. The van der Waals surface area contributed by atoms with E-state index in [1.165, 1.54) is 27.9 Å². The molecule has 1 amide bonds. The summed E-state index contributed by atoms with van der Waals surface area (Å²) in [6.45, 7) is 9.31. The van der Waals surface area contributed by atoms with Crippen molar-refractivity contribution in [2.45, 2.75) is 34.6 Å². The summed E-state index contributed by atoms with van der Waals surface area (Å²) < 4.78 is 4.11. The number of esters is 1. The molecule has 7 heteroatoms. The van der Waals surface area contributed by atoms with Crippen molar-refractivity contribution in [1.82, 2.24) is 4.90 Å². The predicted molar refractivity (Wildman–Crippen MR) is 81.3 cm³/mol. The molecule has 0 aromatic carbocycles. The number of aliphatic hydroxyl groups excluding tert-OH is 1. The van der Waals surface area contributed by atoms with Crippen LogP contribution in [0.1, 0.15) is 34.6 Å². The highest BCUT2D eigenvalue weighted by Crippen LogP contribution is 1.63. The summed E-state index contributed by atoms with van der Waals surface area (Å²) in [6, 6.07) is 0. The van der Waals surface area contributed by atoms with Crippen LogP contribution in [-0.4, -0.2) is 62.5 Å². The van der Waals surface area contributed by atoms with E-state index in [-0.39, 0.29) is 18.5 Å². The number of hydrogen-bond donors (Lipinski definition) is 2. The van der Waals surface area contributed by atoms with Crippen molar-refractivity contribution < 1.29 is 24.2 Å². The molecule has 0 aromatic rings. The Balaban J connectivity index is -0.0000000478. The van der Waals surface area contributed by atoms with E-state index in [0.717, 1.165) is 12.8 Å². The first kappa shape index (κ1) is 31.1. The van der Waals surface area contributed by atoms with Gasteiger partial charge in [0.15, 0.2) is 0 Å². The Bertz CT molecular complexity index is 193. The van der Waals surface area contributed by atoms with Crippen LogP contribution in [0.25, 0.3) is 0 Å². The third-order valence-electron chi connectivity index (χ3n) is 0.920. The van der Waals surface area contributed by atoms with Gasteiger partial charge >= 0.3 is 5.97 Å². The number of carbonyl (C=O) groups is 3. The molecule has 3 N–H and O–H groups in total. The molecule has 0 saturated carbocycles. The molecule has 0 heterocycles. The van der Waals surface area contributed by atoms with Gasteiger partial charge < -0.3 is 25.3 Å². The molecule has 0 unspecified atom stereocenters. The van der Waals surface area contributed by atoms with Crippen molar-refractivity contribution >= 4 is 18.2 Å². The zero-order chi connectivity index (χ0) is 17.6. The van der Waals surface area contributed by atoms with Gasteiger partial charge in [-0.15, -0.1) is 0 Å². The number of amides is 1. The molecule has 0 radical (unpaired) electrons. The van der Waals surface area contributed by atoms with E-state index in [9.17, 15) is 9.59 Å². The molecule has 0 aliphatic heterocycles. The van der Waals surface area contributed by atoms with Gasteiger partial charge in [0, 0.05) is 20.5 Å². The predicted octanol–water partition coefficient (Wildman–Crippen LogP) is 0.443. The lowest BCUT2D eigenvalue weighted by atomic mass is 10.7. The van der Waals surface area contributed by atoms with E-state index in [0.29, 0.717) is 0 Å². The molecule has 0 atom stereocenters. The van der Waals surface area contributed by atoms with E-state index in [2.05, 4.69) is 36.4 Å². The fourth-order valence-corrected chi connectivity index (χ4v) is 0. The minimum atomic E-state index is -0.333. The molecule has 7 nitrogen and oxygen atoms in total. The van der Waals surface area contributed by atoms with E-state index in [1.807, 2.05) is 0 Å². The average Bonchev–Trinajstić information content (AvgIpc) is 2.31. The lowest BCUT2D eigenvalue weighted by molar-refractivity contribution is -0.138. The first-order chi connectivity index (χ1) is 9.10. The Morgan fingerprint density at radius 1 is 1.25 bits per heavy atom. The molecule has 0 saturated heterocycles. The monoisotopic (exact) mass is 296 g/mol. The van der Waals surface area contributed by atoms with Crippen LogP contribution in [-0.2, 0) is 19.1 Å². The van der Waals surface area contributed by atoms with Crippen molar-refractivity contribution in [3.05, 3.63) is 0 Å². The molecule has 0 spiro atoms. The topological polar surface area (TPSA) is 110 Å². The van der Waals surface area contributed by atoms with Crippen LogP contribution in [0.15, 0.2) is 0 Å². The van der Waals surface area contributed by atoms with Crippen LogP contribution in [0.4, 0.5) is 0 Å². The fraction of sp³-hybridized carbons (Fsp3) is 0.769. The number of primary amides is 1. The number of hydrogen-bond acceptors (Lipinski definition) is 6. The number of aliphatic hydroxyl groups is 1. The second-order valence-corrected chi connectivity index (χ2v) is 3.25. The maximum absolute atomic E-state index is 9.59. The van der Waals surface area contributed by atoms with Crippen LogP contribution in [0.3, 0.4) is 0 Å². The largest absolute Gasteiger partial charge is 0.469 e. The number of nitrogens with two attached hydrogens (primary N) is 1. The highest BCUT2D eigenvalue weighted by Gasteiger charge is 1.75. The minimum absolute atomic E-state index is 0.245. The Labute approximate surface area is 123 Å². The first-order valence-corrected chi connectivity index (χ1v) is 6.06. The van der Waals surface area contributed by atoms with E-state index < -0.39 is 0 Å². The van der Waals surface area contributed by atoms with Gasteiger partial charge in [-0.2, -0.15) is 0 Å². The van der Waals surface area contributed by atoms with Crippen LogP contribution < -0.4 is 5.73 Å². The fourth-order valence-electron chi connectivity index (χ4n) is 0. The van der Waals surface area contributed by atoms with Crippen LogP contribution in [0.5, 0.6) is 0 Å². The van der Waals surface area contributed by atoms with Crippen molar-refractivity contribution in [2.75, 3.05) is 34.4 Å². The molecular formula is C13H32N2O5. The second kappa shape index (κ2) is 36.0. The number of ether oxygens (including phenoxy) is 1. The normalized spacial score (nSPS) is 6.90. The van der Waals surface area contributed by atoms with Gasteiger partial charge in [0.1, 0.15) is 6.29 Å². The molecule has 0 aromatic heterocycles. The molecule has 20 heavy (non-hydrogen) atoms. The van der Waals surface area contributed by atoms with E-state index in [4.69, 9.17) is 9.90 Å². The first-order valence-electron chi connectivity index (χ1n) is 6.06. The third-order valence-corrected chi connectivity index (χ3v) is 0.920. The van der Waals surface area contributed by atoms with Crippen molar-refractivity contribution in [3.63, 3.8) is 0 Å². The van der Waals surface area contributed by atoms with E-state index in [1.54, 1.807) is 6.92 Å². The molecule has 0 fully saturated rings. The zero-order valence-electron chi connectivity index (χ0n) is 14.1. The Kier molecular flexibility index (Phi) is 56.0. The molecular weight excluding hydrogens is 264 g/mol. The summed E-state index contributed by atoms with van der Waals surface area (Å²) in [6.07, 6.45) is 0.750. The van der Waals surface area contributed by atoms with Crippen molar-refractivity contribution in [2.24, 2.45) is 5.73 Å². The minimum Gasteiger partial charge on any atom is -0.469 e. The lowest BCUT2D eigenvalue weighted by Crippen LogP contribution is -2.08. The summed E-state index contributed by atoms with van der Waals surface area (Å²) in [4.78, 5) is 29.7. The van der Waals surface area contributed by atoms with Gasteiger partial charge in [-0.05, 0) is 34.5 Å². The summed E-state index contributed by atoms with van der Waals surface area (Å²) in [5.74, 6) is -0.579. The average molecular weight is 296 g/mol. The quantitative estimate of drug-likeness (QED) is 0.537. The molecule has 0 rings (SSSR count). The SMILES string of the molecule is CC(N)=O.CC=O.CCN(C)C.CCO.COC(C)=O. The zero-order valence-corrected chi connectivity index (χ0v) is 14.1. The highest BCUT2D eigenvalue weighted by atomic mass is 16.5. The maximum atomic E-state index is 9.59. The number of aldehydes is 1. The molecule has 0 aliphatic carbocycles. The van der Waals surface area contributed by atoms with Crippen LogP contribution >= 0.6 is 0 Å². The maximum Gasteiger partial charge on any atom is 0.302 e. The standard InChI is InChI=1S/C4H11N.C3H6O2.C2H5NO.C2H6O.C2H4O/c1-4-5(2)3;1-3(4)5-2;1-2(3)4;2*1-2-3/h4H2,1-3H3;1-2H3;1H3,(H2,3,4);3H,2H2,1H3;2H,1H3. The van der Waals surface area contributed by atoms with Gasteiger partial charge in [0.05, 0.1) is 7.11 Å². The smallest absolute Gasteiger partial charge is 0.302 e. The summed E-state index contributed by atoms with van der Waals surface area (Å²) in [7, 11) is 5.46. The summed E-state index contributed by atoms with van der Waals surface area (Å²) >= 11 is 0. The second-order valence-electron chi connectivity index (χ2n) is 3.25. The van der Waals surface area contributed by atoms with Gasteiger partial charge in [0.2, 0.25) is 5.91 Å². The van der Waals surface area contributed by atoms with Gasteiger partial charge in [-0.3, -0.25) is 9.59 Å². The van der Waals surface area contributed by atoms with Gasteiger partial charge in [0.25, 0.3) is 0 Å². The van der Waals surface area contributed by atoms with Gasteiger partial charge in [-0.1, -0.05) is 6.92 Å². The van der Waals surface area contributed by atoms with Gasteiger partial charge in [-0.25, -0.2) is 0 Å². The number of nitrogens with zero attached hydrogens (tertiary/aromatic N) is 1. The molecule has 124 valence electrons. The van der Waals surface area contributed by atoms with Crippen molar-refractivity contribution in [3.8, 4) is 0 Å². The number of carbonyl (C=O) groups excluding carboxylic acids is 3. The molecule has 0 aliphatic rings. The lowest BCUT2D eigenvalue weighted by Gasteiger charge is -2.00. The highest BCUT2D eigenvalue weighted by molar-refractivity contribution is 5.70. The van der Waals surface area contributed by atoms with E-state index >= 15 is 0 Å². The third kappa shape index (κ3) is 623. The van der Waals surface area contributed by atoms with Crippen LogP contribution in [0.2, 0.25) is 0 Å². The van der Waals surface area contributed by atoms with Crippen LogP contribution in [0, 0.1) is 0 Å².